The van der Waals surface area contributed by atoms with Crippen molar-refractivity contribution in [2.24, 2.45) is 0 Å². The van der Waals surface area contributed by atoms with Crippen LogP contribution in [-0.2, 0) is 14.3 Å². The van der Waals surface area contributed by atoms with E-state index in [1.54, 1.807) is 0 Å². The lowest BCUT2D eigenvalue weighted by atomic mass is 9.75. The Morgan fingerprint density at radius 3 is 2.48 bits per heavy atom. The Morgan fingerprint density at radius 1 is 1.16 bits per heavy atom. The van der Waals surface area contributed by atoms with E-state index in [-0.39, 0.29) is 23.8 Å². The van der Waals surface area contributed by atoms with Crippen LogP contribution in [0.5, 0.6) is 0 Å². The monoisotopic (exact) mass is 339 g/mol. The van der Waals surface area contributed by atoms with E-state index >= 15 is 0 Å². The van der Waals surface area contributed by atoms with Crippen molar-refractivity contribution in [3.8, 4) is 0 Å². The van der Waals surface area contributed by atoms with Crippen LogP contribution in [0.3, 0.4) is 0 Å². The number of esters is 1. The van der Waals surface area contributed by atoms with Crippen molar-refractivity contribution in [3.63, 3.8) is 0 Å². The predicted octanol–water partition coefficient (Wildman–Crippen LogP) is 3.91. The van der Waals surface area contributed by atoms with Gasteiger partial charge in [0.1, 0.15) is 0 Å². The van der Waals surface area contributed by atoms with E-state index in [2.05, 4.69) is 5.32 Å². The lowest BCUT2D eigenvalue weighted by Gasteiger charge is -2.34. The summed E-state index contributed by atoms with van der Waals surface area (Å²) < 4.78 is 5.48. The van der Waals surface area contributed by atoms with Gasteiger partial charge in [0.2, 0.25) is 0 Å². The Morgan fingerprint density at radius 2 is 1.84 bits per heavy atom. The Labute approximate surface area is 149 Å². The maximum Gasteiger partial charge on any atom is 0.337 e. The van der Waals surface area contributed by atoms with Crippen molar-refractivity contribution in [2.45, 2.75) is 59.0 Å². The van der Waals surface area contributed by atoms with Crippen molar-refractivity contribution in [2.75, 3.05) is 0 Å². The molecule has 0 saturated heterocycles. The lowest BCUT2D eigenvalue weighted by Crippen LogP contribution is -2.34. The molecular weight excluding hydrogens is 314 g/mol. The zero-order valence-electron chi connectivity index (χ0n) is 15.3. The summed E-state index contributed by atoms with van der Waals surface area (Å²) in [6.45, 7) is 7.58. The van der Waals surface area contributed by atoms with Gasteiger partial charge in [-0.05, 0) is 46.1 Å². The van der Waals surface area contributed by atoms with E-state index in [0.29, 0.717) is 12.0 Å². The number of rotatable bonds is 3. The molecule has 0 amide bonds. The highest BCUT2D eigenvalue weighted by Crippen LogP contribution is 2.42. The van der Waals surface area contributed by atoms with Crippen LogP contribution in [0.15, 0.2) is 46.8 Å². The quantitative estimate of drug-likeness (QED) is 0.848. The summed E-state index contributed by atoms with van der Waals surface area (Å²) in [6.07, 6.45) is 2.02. The molecule has 2 aliphatic rings. The molecule has 132 valence electrons. The van der Waals surface area contributed by atoms with Gasteiger partial charge in [0.15, 0.2) is 5.78 Å². The van der Waals surface area contributed by atoms with Crippen LogP contribution in [-0.4, -0.2) is 17.9 Å². The van der Waals surface area contributed by atoms with Gasteiger partial charge < -0.3 is 10.1 Å². The summed E-state index contributed by atoms with van der Waals surface area (Å²) in [5.41, 5.74) is 5.13. The highest BCUT2D eigenvalue weighted by Gasteiger charge is 2.39. The number of dihydropyridines is 1. The van der Waals surface area contributed by atoms with E-state index in [9.17, 15) is 9.59 Å². The fourth-order valence-corrected chi connectivity index (χ4v) is 3.62. The molecule has 0 unspecified atom stereocenters. The number of ketones is 1. The van der Waals surface area contributed by atoms with Crippen molar-refractivity contribution in [1.29, 1.82) is 0 Å². The minimum atomic E-state index is -0.351. The smallest absolute Gasteiger partial charge is 0.337 e. The third-order valence-corrected chi connectivity index (χ3v) is 4.75. The first kappa shape index (κ1) is 17.5. The first-order valence-electron chi connectivity index (χ1n) is 8.90. The molecule has 1 aromatic rings. The van der Waals surface area contributed by atoms with Crippen LogP contribution < -0.4 is 5.32 Å². The Hall–Kier alpha value is -2.36. The number of aryl methyl sites for hydroxylation is 1. The van der Waals surface area contributed by atoms with Crippen LogP contribution in [0.2, 0.25) is 0 Å². The van der Waals surface area contributed by atoms with Crippen molar-refractivity contribution in [3.05, 3.63) is 57.9 Å². The molecule has 25 heavy (non-hydrogen) atoms. The number of carbonyl (C=O) groups is 2. The van der Waals surface area contributed by atoms with Gasteiger partial charge in [-0.3, -0.25) is 4.79 Å². The Bertz CT molecular complexity index is 769. The number of benzene rings is 1. The maximum atomic E-state index is 12.8. The van der Waals surface area contributed by atoms with Crippen molar-refractivity contribution >= 4 is 11.8 Å². The highest BCUT2D eigenvalue weighted by molar-refractivity contribution is 6.03. The van der Waals surface area contributed by atoms with Crippen LogP contribution in [0.4, 0.5) is 0 Å². The molecule has 1 aliphatic heterocycles. The molecule has 0 saturated carbocycles. The molecule has 0 fully saturated rings. The molecule has 4 nitrogen and oxygen atoms in total. The summed E-state index contributed by atoms with van der Waals surface area (Å²) in [6, 6.07) is 8.05. The molecule has 0 radical (unpaired) electrons. The fraction of sp³-hybridized carbons (Fsp3) is 0.429. The zero-order chi connectivity index (χ0) is 18.1. The van der Waals surface area contributed by atoms with Crippen LogP contribution in [0.25, 0.3) is 0 Å². The summed E-state index contributed by atoms with van der Waals surface area (Å²) in [4.78, 5) is 25.5. The lowest BCUT2D eigenvalue weighted by molar-refractivity contribution is -0.143. The van der Waals surface area contributed by atoms with Gasteiger partial charge in [0.25, 0.3) is 0 Å². The second-order valence-corrected chi connectivity index (χ2v) is 7.13. The van der Waals surface area contributed by atoms with E-state index in [1.807, 2.05) is 52.0 Å². The first-order valence-corrected chi connectivity index (χ1v) is 8.90. The minimum Gasteiger partial charge on any atom is -0.460 e. The minimum absolute atomic E-state index is 0.127. The number of hydrogen-bond acceptors (Lipinski definition) is 4. The second-order valence-electron chi connectivity index (χ2n) is 7.13. The molecule has 1 heterocycles. The highest BCUT2D eigenvalue weighted by atomic mass is 16.5. The van der Waals surface area contributed by atoms with Gasteiger partial charge in [-0.2, -0.15) is 0 Å². The molecule has 0 spiro atoms. The number of ether oxygens (including phenoxy) is 1. The fourth-order valence-electron chi connectivity index (χ4n) is 3.62. The number of hydrogen-bond donors (Lipinski definition) is 1. The molecule has 4 heteroatoms. The SMILES string of the molecule is CC1=C(C(=O)OC(C)C)[C@@H](c2ccc(C)cc2)C2=C(CCCC2=O)N1. The maximum absolute atomic E-state index is 12.8. The summed E-state index contributed by atoms with van der Waals surface area (Å²) in [5.74, 6) is -0.576. The summed E-state index contributed by atoms with van der Waals surface area (Å²) >= 11 is 0. The molecule has 0 bridgehead atoms. The zero-order valence-corrected chi connectivity index (χ0v) is 15.3. The third kappa shape index (κ3) is 3.39. The Kier molecular flexibility index (Phi) is 4.80. The molecule has 1 aliphatic carbocycles. The largest absolute Gasteiger partial charge is 0.460 e. The molecule has 1 atom stereocenters. The van der Waals surface area contributed by atoms with Crippen LogP contribution >= 0.6 is 0 Å². The molecule has 0 aromatic heterocycles. The average Bonchev–Trinajstić information content (AvgIpc) is 2.53. The Balaban J connectivity index is 2.13. The molecule has 1 N–H and O–H groups in total. The summed E-state index contributed by atoms with van der Waals surface area (Å²) in [7, 11) is 0. The van der Waals surface area contributed by atoms with Gasteiger partial charge >= 0.3 is 5.97 Å². The number of carbonyl (C=O) groups excluding carboxylic acids is 2. The first-order chi connectivity index (χ1) is 11.9. The van der Waals surface area contributed by atoms with Crippen LogP contribution in [0.1, 0.15) is 57.1 Å². The number of allylic oxidation sites excluding steroid dienone is 3. The van der Waals surface area contributed by atoms with Gasteiger partial charge in [-0.15, -0.1) is 0 Å². The van der Waals surface area contributed by atoms with Gasteiger partial charge in [0.05, 0.1) is 11.7 Å². The van der Waals surface area contributed by atoms with E-state index in [0.717, 1.165) is 40.9 Å². The average molecular weight is 339 g/mol. The van der Waals surface area contributed by atoms with E-state index in [1.165, 1.54) is 0 Å². The van der Waals surface area contributed by atoms with Gasteiger partial charge in [-0.1, -0.05) is 29.8 Å². The molecule has 1 aromatic carbocycles. The van der Waals surface area contributed by atoms with Gasteiger partial charge in [-0.25, -0.2) is 4.79 Å². The topological polar surface area (TPSA) is 55.4 Å². The van der Waals surface area contributed by atoms with Crippen LogP contribution in [0, 0.1) is 6.92 Å². The number of Topliss-reactive ketones (excluding diaryl/α,β-unsaturated/α-hetero) is 1. The third-order valence-electron chi connectivity index (χ3n) is 4.75. The number of nitrogens with one attached hydrogen (secondary N) is 1. The van der Waals surface area contributed by atoms with Crippen molar-refractivity contribution < 1.29 is 14.3 Å². The predicted molar refractivity (Wildman–Crippen MR) is 96.9 cm³/mol. The molecular formula is C21H25NO3. The summed E-state index contributed by atoms with van der Waals surface area (Å²) in [5, 5.41) is 3.30. The normalized spacial score (nSPS) is 20.5. The van der Waals surface area contributed by atoms with Crippen molar-refractivity contribution in [1.82, 2.24) is 5.32 Å². The van der Waals surface area contributed by atoms with E-state index < -0.39 is 0 Å². The van der Waals surface area contributed by atoms with Gasteiger partial charge in [0, 0.05) is 29.3 Å². The molecule has 3 rings (SSSR count). The van der Waals surface area contributed by atoms with E-state index in [4.69, 9.17) is 4.74 Å². The standard InChI is InChI=1S/C21H25NO3/c1-12(2)25-21(24)18-14(4)22-16-6-5-7-17(23)20(16)19(18)15-10-8-13(3)9-11-15/h8-12,19,22H,5-7H2,1-4H3/t19-/m1/s1. The second kappa shape index (κ2) is 6.87.